The molecule has 1 aliphatic carbocycles. The van der Waals surface area contributed by atoms with Crippen molar-refractivity contribution in [2.75, 3.05) is 5.32 Å². The fraction of sp³-hybridized carbons (Fsp3) is 0.500. The Bertz CT molecular complexity index is 921. The van der Waals surface area contributed by atoms with Crippen molar-refractivity contribution in [2.24, 2.45) is 0 Å². The second kappa shape index (κ2) is 7.76. The maximum atomic E-state index is 12.6. The first-order valence-corrected chi connectivity index (χ1v) is 11.8. The lowest BCUT2D eigenvalue weighted by atomic mass is 9.93. The summed E-state index contributed by atoms with van der Waals surface area (Å²) >= 11 is 1.04. The van der Waals surface area contributed by atoms with Crippen molar-refractivity contribution in [1.29, 1.82) is 0 Å². The first-order valence-electron chi connectivity index (χ1n) is 9.44. The minimum atomic E-state index is -3.91. The summed E-state index contributed by atoms with van der Waals surface area (Å²) in [6, 6.07) is 7.40. The summed E-state index contributed by atoms with van der Waals surface area (Å²) in [5, 5.41) is 25.2. The minimum absolute atomic E-state index is 0.0740. The van der Waals surface area contributed by atoms with Crippen molar-refractivity contribution in [3.05, 3.63) is 46.3 Å². The molecule has 1 aromatic carbocycles. The van der Waals surface area contributed by atoms with Crippen LogP contribution < -0.4 is 10.0 Å². The van der Waals surface area contributed by atoms with Crippen LogP contribution in [0.3, 0.4) is 0 Å². The fourth-order valence-corrected chi connectivity index (χ4v) is 5.47. The van der Waals surface area contributed by atoms with E-state index in [0.29, 0.717) is 18.4 Å². The van der Waals surface area contributed by atoms with Crippen molar-refractivity contribution in [1.82, 2.24) is 4.72 Å². The van der Waals surface area contributed by atoms with Gasteiger partial charge in [0, 0.05) is 5.69 Å². The van der Waals surface area contributed by atoms with Gasteiger partial charge in [0.2, 0.25) is 0 Å². The van der Waals surface area contributed by atoms with Crippen molar-refractivity contribution >= 4 is 27.0 Å². The molecule has 6 nitrogen and oxygen atoms in total. The zero-order chi connectivity index (χ0) is 20.7. The van der Waals surface area contributed by atoms with Crippen molar-refractivity contribution in [2.45, 2.75) is 68.5 Å². The molecule has 3 rings (SSSR count). The lowest BCUT2D eigenvalue weighted by molar-refractivity contribution is 0.152. The van der Waals surface area contributed by atoms with Crippen LogP contribution in [0.25, 0.3) is 0 Å². The van der Waals surface area contributed by atoms with Gasteiger partial charge in [-0.2, -0.15) is 4.72 Å². The highest BCUT2D eigenvalue weighted by Crippen LogP contribution is 2.47. The van der Waals surface area contributed by atoms with E-state index < -0.39 is 22.0 Å². The Labute approximate surface area is 170 Å². The molecule has 0 amide bonds. The largest absolute Gasteiger partial charge is 0.385 e. The number of nitrogens with one attached hydrogen (secondary N) is 2. The molecule has 1 fully saturated rings. The van der Waals surface area contributed by atoms with E-state index in [0.717, 1.165) is 28.2 Å². The summed E-state index contributed by atoms with van der Waals surface area (Å²) in [4.78, 5) is 0. The first-order chi connectivity index (χ1) is 13.0. The molecule has 154 valence electrons. The van der Waals surface area contributed by atoms with Crippen molar-refractivity contribution < 1.29 is 18.6 Å². The van der Waals surface area contributed by atoms with Crippen LogP contribution >= 0.6 is 11.3 Å². The monoisotopic (exact) mass is 424 g/mol. The molecule has 1 atom stereocenters. The van der Waals surface area contributed by atoms with Gasteiger partial charge in [0.1, 0.15) is 4.21 Å². The normalized spacial score (nSPS) is 17.1. The number of anilines is 1. The van der Waals surface area contributed by atoms with E-state index in [1.807, 2.05) is 18.2 Å². The molecular formula is C20H28N2O4S2. The maximum absolute atomic E-state index is 12.6. The Balaban J connectivity index is 1.80. The third kappa shape index (κ3) is 4.41. The van der Waals surface area contributed by atoms with E-state index in [2.05, 4.69) is 37.7 Å². The van der Waals surface area contributed by atoms with E-state index in [4.69, 9.17) is 0 Å². The standard InChI is InChI=1S/C20H28N2O4S2/c1-12(2)15-6-5-7-16(13(3)4)18(15)21-19(23)22-28(25,26)17-10-14(11-27-17)20(24)8-9-20/h5-7,10-13,19,21-24H,8-9H2,1-4H3. The summed E-state index contributed by atoms with van der Waals surface area (Å²) < 4.78 is 27.7. The van der Waals surface area contributed by atoms with Crippen molar-refractivity contribution in [3.8, 4) is 0 Å². The SMILES string of the molecule is CC(C)c1cccc(C(C)C)c1NC(O)NS(=O)(=O)c1cc(C2(O)CC2)cs1. The number of aliphatic hydroxyl groups excluding tert-OH is 1. The molecule has 1 heterocycles. The molecule has 2 aromatic rings. The highest BCUT2D eigenvalue weighted by atomic mass is 32.2. The van der Waals surface area contributed by atoms with Gasteiger partial charge in [-0.05, 0) is 52.8 Å². The lowest BCUT2D eigenvalue weighted by Gasteiger charge is -2.24. The van der Waals surface area contributed by atoms with Gasteiger partial charge in [-0.15, -0.1) is 11.3 Å². The van der Waals surface area contributed by atoms with Gasteiger partial charge in [0.15, 0.2) is 6.35 Å². The molecule has 0 radical (unpaired) electrons. The van der Waals surface area contributed by atoms with Crippen LogP contribution in [-0.2, 0) is 15.6 Å². The third-order valence-electron chi connectivity index (χ3n) is 5.02. The molecule has 1 aromatic heterocycles. The molecule has 0 spiro atoms. The number of hydrogen-bond acceptors (Lipinski definition) is 6. The molecule has 4 N–H and O–H groups in total. The molecule has 8 heteroatoms. The Kier molecular flexibility index (Phi) is 5.89. The van der Waals surface area contributed by atoms with Crippen LogP contribution in [-0.4, -0.2) is 25.0 Å². The van der Waals surface area contributed by atoms with Gasteiger partial charge in [-0.3, -0.25) is 0 Å². The van der Waals surface area contributed by atoms with Crippen LogP contribution in [0.4, 0.5) is 5.69 Å². The number of rotatable bonds is 8. The van der Waals surface area contributed by atoms with E-state index in [9.17, 15) is 18.6 Å². The van der Waals surface area contributed by atoms with Gasteiger partial charge < -0.3 is 15.5 Å². The van der Waals surface area contributed by atoms with Crippen LogP contribution in [0.15, 0.2) is 33.9 Å². The zero-order valence-electron chi connectivity index (χ0n) is 16.6. The topological polar surface area (TPSA) is 98.7 Å². The second-order valence-corrected chi connectivity index (χ2v) is 10.8. The van der Waals surface area contributed by atoms with Crippen LogP contribution in [0.5, 0.6) is 0 Å². The van der Waals surface area contributed by atoms with Gasteiger partial charge in [0.25, 0.3) is 10.0 Å². The Morgan fingerprint density at radius 1 is 1.11 bits per heavy atom. The number of thiophene rings is 1. The summed E-state index contributed by atoms with van der Waals surface area (Å²) in [5.74, 6) is 0.424. The predicted molar refractivity (Wildman–Crippen MR) is 112 cm³/mol. The van der Waals surface area contributed by atoms with E-state index in [1.54, 1.807) is 5.38 Å². The van der Waals surface area contributed by atoms with Gasteiger partial charge >= 0.3 is 0 Å². The Morgan fingerprint density at radius 2 is 1.68 bits per heavy atom. The number of sulfonamides is 1. The highest BCUT2D eigenvalue weighted by Gasteiger charge is 2.43. The maximum Gasteiger partial charge on any atom is 0.253 e. The minimum Gasteiger partial charge on any atom is -0.385 e. The molecule has 0 saturated heterocycles. The number of para-hydroxylation sites is 1. The summed E-state index contributed by atoms with van der Waals surface area (Å²) in [6.07, 6.45) is -0.188. The summed E-state index contributed by atoms with van der Waals surface area (Å²) in [5.41, 5.74) is 2.51. The molecule has 28 heavy (non-hydrogen) atoms. The third-order valence-corrected chi connectivity index (χ3v) is 7.87. The van der Waals surface area contributed by atoms with Gasteiger partial charge in [-0.1, -0.05) is 45.9 Å². The zero-order valence-corrected chi connectivity index (χ0v) is 18.2. The van der Waals surface area contributed by atoms with E-state index in [-0.39, 0.29) is 16.0 Å². The highest BCUT2D eigenvalue weighted by molar-refractivity contribution is 7.91. The average Bonchev–Trinajstić information content (AvgIpc) is 3.14. The van der Waals surface area contributed by atoms with E-state index >= 15 is 0 Å². The summed E-state index contributed by atoms with van der Waals surface area (Å²) in [7, 11) is -3.91. The average molecular weight is 425 g/mol. The second-order valence-electron chi connectivity index (χ2n) is 7.98. The summed E-state index contributed by atoms with van der Waals surface area (Å²) in [6.45, 7) is 8.21. The Morgan fingerprint density at radius 3 is 2.18 bits per heavy atom. The molecule has 1 saturated carbocycles. The van der Waals surface area contributed by atoms with Crippen LogP contribution in [0, 0.1) is 0 Å². The van der Waals surface area contributed by atoms with Gasteiger partial charge in [0.05, 0.1) is 5.60 Å². The van der Waals surface area contributed by atoms with Crippen molar-refractivity contribution in [3.63, 3.8) is 0 Å². The molecule has 0 bridgehead atoms. The number of aliphatic hydroxyl groups is 2. The number of hydrogen-bond donors (Lipinski definition) is 4. The smallest absolute Gasteiger partial charge is 0.253 e. The van der Waals surface area contributed by atoms with Crippen LogP contribution in [0.1, 0.15) is 69.1 Å². The molecular weight excluding hydrogens is 396 g/mol. The Hall–Kier alpha value is -1.45. The predicted octanol–water partition coefficient (Wildman–Crippen LogP) is 3.64. The van der Waals surface area contributed by atoms with E-state index in [1.165, 1.54) is 6.07 Å². The molecule has 1 aliphatic rings. The number of benzene rings is 1. The van der Waals surface area contributed by atoms with Gasteiger partial charge in [-0.25, -0.2) is 8.42 Å². The lowest BCUT2D eigenvalue weighted by Crippen LogP contribution is -2.40. The molecule has 1 unspecified atom stereocenters. The first kappa shape index (κ1) is 21.3. The molecule has 0 aliphatic heterocycles. The fourth-order valence-electron chi connectivity index (χ4n) is 3.20. The van der Waals surface area contributed by atoms with Crippen LogP contribution in [0.2, 0.25) is 0 Å². The quantitative estimate of drug-likeness (QED) is 0.485.